The van der Waals surface area contributed by atoms with E-state index >= 15 is 0 Å². The van der Waals surface area contributed by atoms with Crippen LogP contribution in [0.1, 0.15) is 63.0 Å². The smallest absolute Gasteiger partial charge is 0.191 e. The molecule has 7 heteroatoms. The first kappa shape index (κ1) is 20.9. The molecule has 4 rings (SSSR count). The molecule has 3 fully saturated rings. The monoisotopic (exact) mass is 488 g/mol. The number of aliphatic imine (C=N–C) groups is 1. The van der Waals surface area contributed by atoms with Crippen molar-refractivity contribution in [3.8, 4) is 0 Å². The maximum Gasteiger partial charge on any atom is 0.191 e. The molecular formula is C20H33IN4O2. The van der Waals surface area contributed by atoms with E-state index in [1.54, 1.807) is 0 Å². The number of nitrogens with zero attached hydrogens (tertiary/aromatic N) is 2. The van der Waals surface area contributed by atoms with Gasteiger partial charge in [0.2, 0.25) is 0 Å². The summed E-state index contributed by atoms with van der Waals surface area (Å²) < 4.78 is 11.6. The zero-order chi connectivity index (χ0) is 18.1. The number of hydrogen-bond donors (Lipinski definition) is 2. The zero-order valence-corrected chi connectivity index (χ0v) is 19.0. The van der Waals surface area contributed by atoms with Gasteiger partial charge in [-0.2, -0.15) is 0 Å². The van der Waals surface area contributed by atoms with Crippen molar-refractivity contribution < 1.29 is 9.26 Å². The Morgan fingerprint density at radius 1 is 1.26 bits per heavy atom. The number of aromatic nitrogens is 1. The summed E-state index contributed by atoms with van der Waals surface area (Å²) in [4.78, 5) is 4.49. The molecule has 0 radical (unpaired) electrons. The van der Waals surface area contributed by atoms with Gasteiger partial charge in [-0.15, -0.1) is 24.0 Å². The average Bonchev–Trinajstić information content (AvgIpc) is 3.39. The summed E-state index contributed by atoms with van der Waals surface area (Å²) in [5.74, 6) is 2.50. The SMILES string of the molecule is CCc1noc(CC)c1CNC(=NC)NC1C2CCOC2C12CCCC2.I. The maximum absolute atomic E-state index is 6.09. The third-order valence-corrected chi connectivity index (χ3v) is 6.84. The van der Waals surface area contributed by atoms with Crippen LogP contribution in [0.2, 0.25) is 0 Å². The second-order valence-corrected chi connectivity index (χ2v) is 7.97. The Kier molecular flexibility index (Phi) is 6.71. The molecule has 2 saturated carbocycles. The lowest BCUT2D eigenvalue weighted by molar-refractivity contribution is -0.125. The number of guanidine groups is 1. The molecule has 2 heterocycles. The van der Waals surface area contributed by atoms with Crippen molar-refractivity contribution >= 4 is 29.9 Å². The topological polar surface area (TPSA) is 71.7 Å². The molecule has 0 amide bonds. The summed E-state index contributed by atoms with van der Waals surface area (Å²) in [6.07, 6.45) is 8.63. The largest absolute Gasteiger partial charge is 0.377 e. The van der Waals surface area contributed by atoms with E-state index in [4.69, 9.17) is 9.26 Å². The van der Waals surface area contributed by atoms with Crippen molar-refractivity contribution in [1.82, 2.24) is 15.8 Å². The van der Waals surface area contributed by atoms with Crippen LogP contribution in [-0.2, 0) is 24.1 Å². The molecule has 1 aliphatic heterocycles. The lowest BCUT2D eigenvalue weighted by atomic mass is 9.54. The molecule has 1 aromatic heterocycles. The highest BCUT2D eigenvalue weighted by Crippen LogP contribution is 2.60. The van der Waals surface area contributed by atoms with Crippen LogP contribution in [0, 0.1) is 11.3 Å². The highest BCUT2D eigenvalue weighted by molar-refractivity contribution is 14.0. The number of ether oxygens (including phenoxy) is 1. The Morgan fingerprint density at radius 2 is 2.04 bits per heavy atom. The number of rotatable bonds is 5. The predicted molar refractivity (Wildman–Crippen MR) is 117 cm³/mol. The van der Waals surface area contributed by atoms with Crippen LogP contribution >= 0.6 is 24.0 Å². The van der Waals surface area contributed by atoms with Gasteiger partial charge in [-0.05, 0) is 25.7 Å². The van der Waals surface area contributed by atoms with Gasteiger partial charge in [0.15, 0.2) is 5.96 Å². The van der Waals surface area contributed by atoms with E-state index in [0.717, 1.165) is 36.9 Å². The zero-order valence-electron chi connectivity index (χ0n) is 16.7. The minimum atomic E-state index is 0. The lowest BCUT2D eigenvalue weighted by Gasteiger charge is -2.57. The minimum absolute atomic E-state index is 0. The van der Waals surface area contributed by atoms with Crippen LogP contribution in [-0.4, -0.2) is 36.9 Å². The van der Waals surface area contributed by atoms with Gasteiger partial charge in [-0.1, -0.05) is 31.8 Å². The van der Waals surface area contributed by atoms with E-state index in [0.29, 0.717) is 30.0 Å². The van der Waals surface area contributed by atoms with E-state index in [1.807, 2.05) is 7.05 Å². The molecule has 0 aromatic carbocycles. The van der Waals surface area contributed by atoms with Crippen LogP contribution in [0.5, 0.6) is 0 Å². The number of nitrogens with one attached hydrogen (secondary N) is 2. The van der Waals surface area contributed by atoms with Crippen LogP contribution in [0.3, 0.4) is 0 Å². The molecule has 3 aliphatic rings. The van der Waals surface area contributed by atoms with Gasteiger partial charge in [0, 0.05) is 49.6 Å². The van der Waals surface area contributed by atoms with Crippen molar-refractivity contribution in [2.75, 3.05) is 13.7 Å². The van der Waals surface area contributed by atoms with E-state index < -0.39 is 0 Å². The van der Waals surface area contributed by atoms with Crippen molar-refractivity contribution in [2.45, 2.75) is 77.5 Å². The molecule has 2 N–H and O–H groups in total. The van der Waals surface area contributed by atoms with Gasteiger partial charge in [0.1, 0.15) is 5.76 Å². The lowest BCUT2D eigenvalue weighted by Crippen LogP contribution is -2.69. The Hall–Kier alpha value is -0.830. The Morgan fingerprint density at radius 3 is 2.70 bits per heavy atom. The average molecular weight is 488 g/mol. The van der Waals surface area contributed by atoms with E-state index in [-0.39, 0.29) is 24.0 Å². The molecule has 152 valence electrons. The first-order chi connectivity index (χ1) is 12.7. The highest BCUT2D eigenvalue weighted by Gasteiger charge is 2.65. The third-order valence-electron chi connectivity index (χ3n) is 6.84. The summed E-state index contributed by atoms with van der Waals surface area (Å²) in [5.41, 5.74) is 2.56. The number of aryl methyl sites for hydroxylation is 2. The second-order valence-electron chi connectivity index (χ2n) is 7.97. The van der Waals surface area contributed by atoms with Crippen LogP contribution in [0.25, 0.3) is 0 Å². The van der Waals surface area contributed by atoms with Crippen molar-refractivity contribution in [1.29, 1.82) is 0 Å². The predicted octanol–water partition coefficient (Wildman–Crippen LogP) is 3.43. The maximum atomic E-state index is 6.09. The molecule has 1 spiro atoms. The Bertz CT molecular complexity index is 647. The van der Waals surface area contributed by atoms with E-state index in [2.05, 4.69) is 34.6 Å². The summed E-state index contributed by atoms with van der Waals surface area (Å²) >= 11 is 0. The molecule has 3 atom stereocenters. The van der Waals surface area contributed by atoms with E-state index in [9.17, 15) is 0 Å². The minimum Gasteiger partial charge on any atom is -0.377 e. The molecule has 1 saturated heterocycles. The number of hydrogen-bond acceptors (Lipinski definition) is 4. The highest BCUT2D eigenvalue weighted by atomic mass is 127. The van der Waals surface area contributed by atoms with Crippen molar-refractivity contribution in [3.63, 3.8) is 0 Å². The molecule has 6 nitrogen and oxygen atoms in total. The van der Waals surface area contributed by atoms with Gasteiger partial charge in [0.25, 0.3) is 0 Å². The van der Waals surface area contributed by atoms with Gasteiger partial charge in [0.05, 0.1) is 11.8 Å². The number of halogens is 1. The Balaban J connectivity index is 0.00000210. The third kappa shape index (κ3) is 3.50. The normalized spacial score (nSPS) is 28.6. The van der Waals surface area contributed by atoms with Gasteiger partial charge < -0.3 is 19.9 Å². The molecule has 0 bridgehead atoms. The van der Waals surface area contributed by atoms with Gasteiger partial charge in [-0.3, -0.25) is 4.99 Å². The summed E-state index contributed by atoms with van der Waals surface area (Å²) in [6.45, 7) is 5.85. The summed E-state index contributed by atoms with van der Waals surface area (Å²) in [5, 5.41) is 11.5. The molecule has 3 unspecified atom stereocenters. The standard InChI is InChI=1S/C20H32N4O2.HI/c1-4-15-14(16(5-2)26-24-15)12-22-19(21-3)23-17-13-8-11-25-18(13)20(17)9-6-7-10-20;/h13,17-18H,4-12H2,1-3H3,(H2,21,22,23);1H. The second kappa shape index (κ2) is 8.68. The van der Waals surface area contributed by atoms with Crippen LogP contribution < -0.4 is 10.6 Å². The summed E-state index contributed by atoms with van der Waals surface area (Å²) in [7, 11) is 1.85. The fourth-order valence-corrected chi connectivity index (χ4v) is 5.56. The molecule has 2 aliphatic carbocycles. The van der Waals surface area contributed by atoms with E-state index in [1.165, 1.54) is 37.7 Å². The fourth-order valence-electron chi connectivity index (χ4n) is 5.56. The van der Waals surface area contributed by atoms with Crippen LogP contribution in [0.15, 0.2) is 9.52 Å². The first-order valence-electron chi connectivity index (χ1n) is 10.3. The number of fused-ring (bicyclic) bond motifs is 2. The van der Waals surface area contributed by atoms with Gasteiger partial charge >= 0.3 is 0 Å². The van der Waals surface area contributed by atoms with Crippen LogP contribution in [0.4, 0.5) is 0 Å². The Labute approximate surface area is 179 Å². The molecule has 1 aromatic rings. The van der Waals surface area contributed by atoms with Gasteiger partial charge in [-0.25, -0.2) is 0 Å². The molecular weight excluding hydrogens is 455 g/mol. The van der Waals surface area contributed by atoms with Crippen molar-refractivity contribution in [2.24, 2.45) is 16.3 Å². The quantitative estimate of drug-likeness (QED) is 0.378. The molecule has 27 heavy (non-hydrogen) atoms. The fraction of sp³-hybridized carbons (Fsp3) is 0.800. The summed E-state index contributed by atoms with van der Waals surface area (Å²) in [6, 6.07) is 0.488. The van der Waals surface area contributed by atoms with Crippen molar-refractivity contribution in [3.05, 3.63) is 17.0 Å². The first-order valence-corrected chi connectivity index (χ1v) is 10.3.